The molecule has 0 aliphatic rings. The number of hydrogen-bond donors (Lipinski definition) is 1. The standard InChI is InChI=1S/C27H30ClN3O/c1-5-16-32-23-13-11-22(12-14-23)31-25-15-10-21(28)17-24(25)30-26(31)29-18-19-6-8-20(9-7-19)27(2,3)4/h6-15,17H,5,16,18H2,1-4H3,(H,29,30). The van der Waals surface area contributed by atoms with E-state index in [0.717, 1.165) is 34.8 Å². The Morgan fingerprint density at radius 2 is 1.69 bits per heavy atom. The summed E-state index contributed by atoms with van der Waals surface area (Å²) in [5.74, 6) is 1.65. The summed E-state index contributed by atoms with van der Waals surface area (Å²) in [6, 6.07) is 22.7. The molecule has 4 aromatic rings. The Hall–Kier alpha value is -2.98. The largest absolute Gasteiger partial charge is 0.494 e. The van der Waals surface area contributed by atoms with Crippen molar-refractivity contribution < 1.29 is 4.74 Å². The lowest BCUT2D eigenvalue weighted by atomic mass is 9.87. The van der Waals surface area contributed by atoms with Gasteiger partial charge in [-0.2, -0.15) is 0 Å². The van der Waals surface area contributed by atoms with Crippen molar-refractivity contribution in [1.82, 2.24) is 9.55 Å². The Morgan fingerprint density at radius 1 is 0.969 bits per heavy atom. The van der Waals surface area contributed by atoms with Crippen LogP contribution in [-0.2, 0) is 12.0 Å². The third-order valence-electron chi connectivity index (χ3n) is 5.45. The van der Waals surface area contributed by atoms with Gasteiger partial charge in [-0.25, -0.2) is 4.98 Å². The van der Waals surface area contributed by atoms with E-state index in [-0.39, 0.29) is 5.41 Å². The molecule has 3 aromatic carbocycles. The summed E-state index contributed by atoms with van der Waals surface area (Å²) in [5, 5.41) is 4.20. The zero-order chi connectivity index (χ0) is 22.7. The van der Waals surface area contributed by atoms with Gasteiger partial charge >= 0.3 is 0 Å². The second-order valence-corrected chi connectivity index (χ2v) is 9.48. The van der Waals surface area contributed by atoms with Gasteiger partial charge in [-0.1, -0.05) is 63.6 Å². The average molecular weight is 448 g/mol. The van der Waals surface area contributed by atoms with Crippen LogP contribution in [0.1, 0.15) is 45.2 Å². The van der Waals surface area contributed by atoms with E-state index in [0.29, 0.717) is 18.2 Å². The minimum absolute atomic E-state index is 0.145. The highest BCUT2D eigenvalue weighted by Gasteiger charge is 2.15. The molecule has 0 amide bonds. The zero-order valence-electron chi connectivity index (χ0n) is 19.2. The Morgan fingerprint density at radius 3 is 2.34 bits per heavy atom. The maximum Gasteiger partial charge on any atom is 0.208 e. The minimum Gasteiger partial charge on any atom is -0.494 e. The lowest BCUT2D eigenvalue weighted by Crippen LogP contribution is -2.11. The molecular weight excluding hydrogens is 418 g/mol. The van der Waals surface area contributed by atoms with Crippen LogP contribution in [0.4, 0.5) is 5.95 Å². The number of halogens is 1. The fourth-order valence-corrected chi connectivity index (χ4v) is 3.81. The van der Waals surface area contributed by atoms with Crippen molar-refractivity contribution in [1.29, 1.82) is 0 Å². The smallest absolute Gasteiger partial charge is 0.208 e. The molecule has 0 atom stereocenters. The molecule has 0 aliphatic carbocycles. The second kappa shape index (κ2) is 9.25. The summed E-state index contributed by atoms with van der Waals surface area (Å²) in [6.07, 6.45) is 0.986. The number of imidazole rings is 1. The van der Waals surface area contributed by atoms with Crippen molar-refractivity contribution in [2.24, 2.45) is 0 Å². The number of benzene rings is 3. The molecule has 5 heteroatoms. The highest BCUT2D eigenvalue weighted by molar-refractivity contribution is 6.31. The molecule has 0 unspecified atom stereocenters. The van der Waals surface area contributed by atoms with E-state index in [1.54, 1.807) is 0 Å². The number of nitrogens with one attached hydrogen (secondary N) is 1. The van der Waals surface area contributed by atoms with Crippen LogP contribution in [0.5, 0.6) is 5.75 Å². The third-order valence-corrected chi connectivity index (χ3v) is 5.69. The van der Waals surface area contributed by atoms with E-state index < -0.39 is 0 Å². The van der Waals surface area contributed by atoms with Gasteiger partial charge in [-0.15, -0.1) is 0 Å². The lowest BCUT2D eigenvalue weighted by molar-refractivity contribution is 0.317. The molecule has 0 saturated carbocycles. The molecule has 0 radical (unpaired) electrons. The maximum absolute atomic E-state index is 6.23. The second-order valence-electron chi connectivity index (χ2n) is 9.05. The SMILES string of the molecule is CCCOc1ccc(-n2c(NCc3ccc(C(C)(C)C)cc3)nc3cc(Cl)ccc32)cc1. The Kier molecular flexibility index (Phi) is 6.43. The molecule has 0 bridgehead atoms. The van der Waals surface area contributed by atoms with Gasteiger partial charge < -0.3 is 10.1 Å². The van der Waals surface area contributed by atoms with Crippen LogP contribution in [0.2, 0.25) is 5.02 Å². The van der Waals surface area contributed by atoms with Gasteiger partial charge in [-0.05, 0) is 65.4 Å². The first kappa shape index (κ1) is 22.2. The summed E-state index contributed by atoms with van der Waals surface area (Å²) >= 11 is 6.23. The van der Waals surface area contributed by atoms with Crippen LogP contribution in [-0.4, -0.2) is 16.2 Å². The third kappa shape index (κ3) is 4.91. The van der Waals surface area contributed by atoms with Crippen molar-refractivity contribution in [2.45, 2.75) is 46.1 Å². The fraction of sp³-hybridized carbons (Fsp3) is 0.296. The van der Waals surface area contributed by atoms with Crippen molar-refractivity contribution in [2.75, 3.05) is 11.9 Å². The molecule has 4 rings (SSSR count). The average Bonchev–Trinajstić information content (AvgIpc) is 3.13. The number of aromatic nitrogens is 2. The lowest BCUT2D eigenvalue weighted by Gasteiger charge is -2.19. The molecule has 0 aliphatic heterocycles. The number of anilines is 1. The minimum atomic E-state index is 0.145. The fourth-order valence-electron chi connectivity index (χ4n) is 3.65. The van der Waals surface area contributed by atoms with E-state index >= 15 is 0 Å². The number of fused-ring (bicyclic) bond motifs is 1. The zero-order valence-corrected chi connectivity index (χ0v) is 19.9. The molecule has 0 fully saturated rings. The van der Waals surface area contributed by atoms with Gasteiger partial charge in [0, 0.05) is 17.3 Å². The molecule has 0 spiro atoms. The predicted octanol–water partition coefficient (Wildman–Crippen LogP) is 7.38. The van der Waals surface area contributed by atoms with Gasteiger partial charge in [0.15, 0.2) is 0 Å². The summed E-state index contributed by atoms with van der Waals surface area (Å²) in [5.41, 5.74) is 5.55. The molecule has 1 aromatic heterocycles. The molecule has 32 heavy (non-hydrogen) atoms. The van der Waals surface area contributed by atoms with Crippen LogP contribution < -0.4 is 10.1 Å². The Bertz CT molecular complexity index is 1190. The summed E-state index contributed by atoms with van der Waals surface area (Å²) in [7, 11) is 0. The molecule has 1 N–H and O–H groups in total. The highest BCUT2D eigenvalue weighted by atomic mass is 35.5. The number of rotatable bonds is 7. The van der Waals surface area contributed by atoms with Crippen LogP contribution in [0.15, 0.2) is 66.7 Å². The van der Waals surface area contributed by atoms with Gasteiger partial charge in [0.2, 0.25) is 5.95 Å². The predicted molar refractivity (Wildman–Crippen MR) is 134 cm³/mol. The Balaban J connectivity index is 1.64. The van der Waals surface area contributed by atoms with E-state index in [9.17, 15) is 0 Å². The van der Waals surface area contributed by atoms with Crippen molar-refractivity contribution >= 4 is 28.6 Å². The van der Waals surface area contributed by atoms with Crippen molar-refractivity contribution in [3.05, 3.63) is 82.9 Å². The van der Waals surface area contributed by atoms with Crippen LogP contribution in [0.3, 0.4) is 0 Å². The molecule has 0 saturated heterocycles. The topological polar surface area (TPSA) is 39.1 Å². The first-order chi connectivity index (χ1) is 15.3. The normalized spacial score (nSPS) is 11.7. The summed E-state index contributed by atoms with van der Waals surface area (Å²) < 4.78 is 7.87. The first-order valence-electron chi connectivity index (χ1n) is 11.1. The summed E-state index contributed by atoms with van der Waals surface area (Å²) in [4.78, 5) is 4.83. The van der Waals surface area contributed by atoms with E-state index in [4.69, 9.17) is 21.3 Å². The Labute approximate surface area is 195 Å². The number of hydrogen-bond acceptors (Lipinski definition) is 3. The number of ether oxygens (including phenoxy) is 1. The van der Waals surface area contributed by atoms with E-state index in [1.165, 1.54) is 11.1 Å². The highest BCUT2D eigenvalue weighted by Crippen LogP contribution is 2.29. The maximum atomic E-state index is 6.23. The van der Waals surface area contributed by atoms with Gasteiger partial charge in [0.25, 0.3) is 0 Å². The monoisotopic (exact) mass is 447 g/mol. The molecule has 4 nitrogen and oxygen atoms in total. The molecule has 1 heterocycles. The van der Waals surface area contributed by atoms with Gasteiger partial charge in [-0.3, -0.25) is 4.57 Å². The van der Waals surface area contributed by atoms with Crippen LogP contribution >= 0.6 is 11.6 Å². The van der Waals surface area contributed by atoms with Crippen LogP contribution in [0.25, 0.3) is 16.7 Å². The van der Waals surface area contributed by atoms with Gasteiger partial charge in [0.05, 0.1) is 17.6 Å². The van der Waals surface area contributed by atoms with Crippen molar-refractivity contribution in [3.63, 3.8) is 0 Å². The number of nitrogens with zero attached hydrogens (tertiary/aromatic N) is 2. The van der Waals surface area contributed by atoms with Crippen molar-refractivity contribution in [3.8, 4) is 11.4 Å². The molecule has 166 valence electrons. The van der Waals surface area contributed by atoms with E-state index in [2.05, 4.69) is 74.0 Å². The quantitative estimate of drug-likeness (QED) is 0.321. The first-order valence-corrected chi connectivity index (χ1v) is 11.5. The van der Waals surface area contributed by atoms with Crippen LogP contribution in [0, 0.1) is 0 Å². The molecular formula is C27H30ClN3O. The van der Waals surface area contributed by atoms with Gasteiger partial charge in [0.1, 0.15) is 5.75 Å². The summed E-state index contributed by atoms with van der Waals surface area (Å²) in [6.45, 7) is 10.2. The van der Waals surface area contributed by atoms with E-state index in [1.807, 2.05) is 30.3 Å².